The Kier molecular flexibility index (Phi) is 1.41. The largest absolute Gasteiger partial charge is 0.380 e. The molecule has 0 saturated heterocycles. The molecule has 0 aliphatic rings. The van der Waals surface area contributed by atoms with E-state index in [4.69, 9.17) is 0 Å². The van der Waals surface area contributed by atoms with Crippen LogP contribution in [0, 0.1) is 0 Å². The van der Waals surface area contributed by atoms with Gasteiger partial charge in [0.05, 0.1) is 0 Å². The van der Waals surface area contributed by atoms with E-state index in [1.54, 1.807) is 0 Å². The standard InChI is InChI=1S/CH2F2N2/c2-1(3)5-4/h4H2. The molecular weight excluding hydrogens is 78.0 g/mol. The normalized spacial score (nSPS) is 6.80. The maximum atomic E-state index is 10.4. The molecule has 0 aromatic heterocycles. The Morgan fingerprint density at radius 2 is 1.80 bits per heavy atom. The molecule has 0 amide bonds. The highest BCUT2D eigenvalue weighted by Crippen LogP contribution is 1.71. The van der Waals surface area contributed by atoms with Crippen molar-refractivity contribution in [3.8, 4) is 0 Å². The van der Waals surface area contributed by atoms with Crippen LogP contribution in [0.3, 0.4) is 0 Å². The zero-order valence-electron chi connectivity index (χ0n) is 2.28. The van der Waals surface area contributed by atoms with Gasteiger partial charge in [0.15, 0.2) is 0 Å². The van der Waals surface area contributed by atoms with Crippen molar-refractivity contribution >= 4 is 6.22 Å². The zero-order chi connectivity index (χ0) is 4.28. The molecule has 0 atom stereocenters. The van der Waals surface area contributed by atoms with E-state index >= 15 is 0 Å². The molecule has 0 unspecified atom stereocenters. The average molecular weight is 80.0 g/mol. The quantitative estimate of drug-likeness (QED) is 0.251. The van der Waals surface area contributed by atoms with Crippen LogP contribution in [0.5, 0.6) is 0 Å². The Hall–Kier alpha value is -0.670. The Morgan fingerprint density at radius 3 is 1.80 bits per heavy atom. The minimum Gasteiger partial charge on any atom is -0.318 e. The number of nitrogens with zero attached hydrogens (tertiary/aromatic N) is 1. The maximum absolute atomic E-state index is 10.4. The summed E-state index contributed by atoms with van der Waals surface area (Å²) in [4.78, 5) is 0. The molecule has 30 valence electrons. The third kappa shape index (κ3) is 3.33. The van der Waals surface area contributed by atoms with Crippen LogP contribution in [-0.4, -0.2) is 6.22 Å². The highest BCUT2D eigenvalue weighted by molar-refractivity contribution is 5.62. The van der Waals surface area contributed by atoms with E-state index in [1.807, 2.05) is 5.10 Å². The fraction of sp³-hybridized carbons (Fsp3) is 0. The first kappa shape index (κ1) is 4.33. The summed E-state index contributed by atoms with van der Waals surface area (Å²) in [5.74, 6) is 4.01. The van der Waals surface area contributed by atoms with Gasteiger partial charge < -0.3 is 5.84 Å². The van der Waals surface area contributed by atoms with Crippen LogP contribution in [0.1, 0.15) is 0 Å². The molecule has 2 N–H and O–H groups in total. The van der Waals surface area contributed by atoms with Crippen LogP contribution < -0.4 is 5.84 Å². The monoisotopic (exact) mass is 80.0 g/mol. The SMILES string of the molecule is NN=C(F)F. The van der Waals surface area contributed by atoms with Gasteiger partial charge in [-0.2, -0.15) is 0 Å². The lowest BCUT2D eigenvalue weighted by molar-refractivity contribution is 0.608. The summed E-state index contributed by atoms with van der Waals surface area (Å²) in [5.41, 5.74) is 0. The van der Waals surface area contributed by atoms with E-state index in [2.05, 4.69) is 5.84 Å². The minimum absolute atomic E-state index is 1.97. The molecule has 0 heterocycles. The van der Waals surface area contributed by atoms with Crippen LogP contribution >= 0.6 is 0 Å². The van der Waals surface area contributed by atoms with Crippen LogP contribution in [0.25, 0.3) is 0 Å². The first-order chi connectivity index (χ1) is 2.27. The molecule has 0 aromatic rings. The number of hydrazone groups is 1. The van der Waals surface area contributed by atoms with E-state index in [1.165, 1.54) is 0 Å². The van der Waals surface area contributed by atoms with Gasteiger partial charge in [-0.05, 0) is 0 Å². The fourth-order valence-corrected chi connectivity index (χ4v) is 0. The van der Waals surface area contributed by atoms with Crippen LogP contribution in [0.4, 0.5) is 8.78 Å². The Morgan fingerprint density at radius 1 is 1.60 bits per heavy atom. The summed E-state index contributed by atoms with van der Waals surface area (Å²) in [5, 5.41) is 1.97. The van der Waals surface area contributed by atoms with Crippen molar-refractivity contribution in [2.45, 2.75) is 0 Å². The average Bonchev–Trinajstić information content (AvgIpc) is 1.38. The van der Waals surface area contributed by atoms with E-state index in [0.717, 1.165) is 0 Å². The summed E-state index contributed by atoms with van der Waals surface area (Å²) < 4.78 is 20.8. The summed E-state index contributed by atoms with van der Waals surface area (Å²) in [7, 11) is 0. The second kappa shape index (κ2) is 1.63. The van der Waals surface area contributed by atoms with Crippen molar-refractivity contribution in [1.29, 1.82) is 0 Å². The first-order valence-electron chi connectivity index (χ1n) is 0.860. The predicted octanol–water partition coefficient (Wildman–Crippen LogP) is 0.155. The second-order valence-corrected chi connectivity index (χ2v) is 0.370. The molecule has 0 fully saturated rings. The lowest BCUT2D eigenvalue weighted by Crippen LogP contribution is -1.82. The molecule has 0 aromatic carbocycles. The van der Waals surface area contributed by atoms with Crippen molar-refractivity contribution < 1.29 is 8.78 Å². The van der Waals surface area contributed by atoms with E-state index in [9.17, 15) is 8.78 Å². The van der Waals surface area contributed by atoms with Gasteiger partial charge in [-0.3, -0.25) is 0 Å². The van der Waals surface area contributed by atoms with Gasteiger partial charge in [-0.15, -0.1) is 13.9 Å². The van der Waals surface area contributed by atoms with Crippen molar-refractivity contribution in [3.05, 3.63) is 0 Å². The van der Waals surface area contributed by atoms with Crippen LogP contribution in [-0.2, 0) is 0 Å². The number of hydrogen-bond donors (Lipinski definition) is 1. The molecule has 0 aliphatic carbocycles. The van der Waals surface area contributed by atoms with E-state index < -0.39 is 6.22 Å². The van der Waals surface area contributed by atoms with Gasteiger partial charge in [0.2, 0.25) is 0 Å². The summed E-state index contributed by atoms with van der Waals surface area (Å²) in [6, 6.07) is 0. The molecule has 2 nitrogen and oxygen atoms in total. The third-order valence-corrected chi connectivity index (χ3v) is 0.0976. The van der Waals surface area contributed by atoms with Crippen LogP contribution in [0.15, 0.2) is 5.10 Å². The molecule has 0 bridgehead atoms. The van der Waals surface area contributed by atoms with Gasteiger partial charge in [0, 0.05) is 0 Å². The number of nitrogens with two attached hydrogens (primary N) is 1. The molecular formula is CH2F2N2. The molecule has 0 rings (SSSR count). The second-order valence-electron chi connectivity index (χ2n) is 0.370. The van der Waals surface area contributed by atoms with Gasteiger partial charge in [0.1, 0.15) is 0 Å². The number of hydrogen-bond acceptors (Lipinski definition) is 2. The summed E-state index contributed by atoms with van der Waals surface area (Å²) in [6.07, 6.45) is -2.09. The molecule has 4 heteroatoms. The molecule has 5 heavy (non-hydrogen) atoms. The third-order valence-electron chi connectivity index (χ3n) is 0.0976. The Bertz CT molecular complexity index is 45.6. The smallest absolute Gasteiger partial charge is 0.318 e. The van der Waals surface area contributed by atoms with Gasteiger partial charge in [0.25, 0.3) is 0 Å². The highest BCUT2D eigenvalue weighted by atomic mass is 19.3. The molecule has 0 spiro atoms. The highest BCUT2D eigenvalue weighted by Gasteiger charge is 1.77. The number of rotatable bonds is 0. The van der Waals surface area contributed by atoms with Crippen molar-refractivity contribution in [2.75, 3.05) is 0 Å². The van der Waals surface area contributed by atoms with Crippen LogP contribution in [0.2, 0.25) is 0 Å². The lowest BCUT2D eigenvalue weighted by Gasteiger charge is -1.63. The van der Waals surface area contributed by atoms with Gasteiger partial charge in [-0.1, -0.05) is 0 Å². The fourth-order valence-electron chi connectivity index (χ4n) is 0. The summed E-state index contributed by atoms with van der Waals surface area (Å²) >= 11 is 0. The maximum Gasteiger partial charge on any atom is 0.380 e. The first-order valence-corrected chi connectivity index (χ1v) is 0.860. The molecule has 0 radical (unpaired) electrons. The van der Waals surface area contributed by atoms with Gasteiger partial charge in [-0.25, -0.2) is 0 Å². The molecule has 0 aliphatic heterocycles. The number of halogens is 2. The van der Waals surface area contributed by atoms with E-state index in [-0.39, 0.29) is 0 Å². The Labute approximate surface area is 27.3 Å². The summed E-state index contributed by atoms with van der Waals surface area (Å²) in [6.45, 7) is 0. The lowest BCUT2D eigenvalue weighted by atomic mass is 11.5. The minimum atomic E-state index is -2.09. The van der Waals surface area contributed by atoms with Gasteiger partial charge >= 0.3 is 6.22 Å². The van der Waals surface area contributed by atoms with Crippen molar-refractivity contribution in [2.24, 2.45) is 10.9 Å². The Balaban J connectivity index is 3.14. The zero-order valence-corrected chi connectivity index (χ0v) is 2.28. The topological polar surface area (TPSA) is 38.4 Å². The predicted molar refractivity (Wildman–Crippen MR) is 13.8 cm³/mol. The van der Waals surface area contributed by atoms with Crippen molar-refractivity contribution in [1.82, 2.24) is 0 Å². The van der Waals surface area contributed by atoms with E-state index in [0.29, 0.717) is 0 Å². The van der Waals surface area contributed by atoms with Crippen molar-refractivity contribution in [3.63, 3.8) is 0 Å². The molecule has 0 saturated carbocycles.